The van der Waals surface area contributed by atoms with Crippen molar-refractivity contribution in [1.82, 2.24) is 0 Å². The maximum atomic E-state index is 10.7. The van der Waals surface area contributed by atoms with E-state index in [1.165, 1.54) is 18.0 Å². The smallest absolute Gasteiger partial charge is 0.185 e. The maximum Gasteiger partial charge on any atom is 0.185 e. The van der Waals surface area contributed by atoms with Crippen LogP contribution in [-0.2, 0) is 4.79 Å². The molecule has 3 nitrogen and oxygen atoms in total. The van der Waals surface area contributed by atoms with Crippen LogP contribution in [0, 0.1) is 0 Å². The molecule has 0 aromatic heterocycles. The van der Waals surface area contributed by atoms with Gasteiger partial charge in [0.2, 0.25) is 0 Å². The summed E-state index contributed by atoms with van der Waals surface area (Å²) in [7, 11) is 0. The van der Waals surface area contributed by atoms with Crippen molar-refractivity contribution in [3.8, 4) is 0 Å². The lowest BCUT2D eigenvalue weighted by molar-refractivity contribution is -0.109. The standard InChI is InChI=1S/C13H15NO2S/c1-11(15)17-9-5-4-7-12-6-2-3-8-13(12)10-14-16/h2-4,6-8,10,16H,5,9H2,1H3. The van der Waals surface area contributed by atoms with Crippen LogP contribution in [0.2, 0.25) is 0 Å². The van der Waals surface area contributed by atoms with E-state index in [0.29, 0.717) is 0 Å². The average Bonchev–Trinajstić information content (AvgIpc) is 2.31. The normalized spacial score (nSPS) is 11.4. The summed E-state index contributed by atoms with van der Waals surface area (Å²) in [5, 5.41) is 11.7. The van der Waals surface area contributed by atoms with Gasteiger partial charge in [-0.2, -0.15) is 0 Å². The van der Waals surface area contributed by atoms with E-state index in [0.717, 1.165) is 23.3 Å². The molecule has 0 heterocycles. The van der Waals surface area contributed by atoms with E-state index in [4.69, 9.17) is 5.21 Å². The van der Waals surface area contributed by atoms with E-state index in [2.05, 4.69) is 5.16 Å². The van der Waals surface area contributed by atoms with Gasteiger partial charge in [-0.3, -0.25) is 4.79 Å². The average molecular weight is 249 g/mol. The van der Waals surface area contributed by atoms with Gasteiger partial charge in [-0.25, -0.2) is 0 Å². The Bertz CT molecular complexity index is 427. The number of allylic oxidation sites excluding steroid dienone is 1. The predicted octanol–water partition coefficient (Wildman–Crippen LogP) is 3.18. The third kappa shape index (κ3) is 5.36. The first-order valence-corrected chi connectivity index (χ1v) is 6.29. The summed E-state index contributed by atoms with van der Waals surface area (Å²) in [6, 6.07) is 7.65. The molecule has 0 amide bonds. The molecule has 1 aromatic carbocycles. The Labute approximate surface area is 105 Å². The minimum absolute atomic E-state index is 0.145. The van der Waals surface area contributed by atoms with Crippen LogP contribution in [0.3, 0.4) is 0 Å². The number of thioether (sulfide) groups is 1. The molecule has 1 rings (SSSR count). The Hall–Kier alpha value is -1.55. The van der Waals surface area contributed by atoms with Crippen LogP contribution in [0.5, 0.6) is 0 Å². The molecule has 1 N–H and O–H groups in total. The number of oxime groups is 1. The largest absolute Gasteiger partial charge is 0.411 e. The van der Waals surface area contributed by atoms with E-state index in [1.807, 2.05) is 36.4 Å². The molecule has 0 aliphatic rings. The van der Waals surface area contributed by atoms with Crippen LogP contribution in [-0.4, -0.2) is 22.3 Å². The first-order valence-electron chi connectivity index (χ1n) is 5.30. The zero-order valence-corrected chi connectivity index (χ0v) is 10.5. The van der Waals surface area contributed by atoms with Crippen molar-refractivity contribution in [2.75, 3.05) is 5.75 Å². The predicted molar refractivity (Wildman–Crippen MR) is 72.6 cm³/mol. The Morgan fingerprint density at radius 3 is 2.76 bits per heavy atom. The van der Waals surface area contributed by atoms with Gasteiger partial charge in [0, 0.05) is 18.2 Å². The summed E-state index contributed by atoms with van der Waals surface area (Å²) in [5.74, 6) is 0.794. The highest BCUT2D eigenvalue weighted by atomic mass is 32.2. The van der Waals surface area contributed by atoms with Crippen LogP contribution in [0.1, 0.15) is 24.5 Å². The maximum absolute atomic E-state index is 10.7. The first kappa shape index (κ1) is 13.5. The van der Waals surface area contributed by atoms with Gasteiger partial charge in [0.25, 0.3) is 0 Å². The summed E-state index contributed by atoms with van der Waals surface area (Å²) in [6.45, 7) is 1.57. The number of carbonyl (C=O) groups excluding carboxylic acids is 1. The highest BCUT2D eigenvalue weighted by Crippen LogP contribution is 2.10. The third-order valence-corrected chi connectivity index (χ3v) is 2.93. The van der Waals surface area contributed by atoms with E-state index in [1.54, 1.807) is 6.92 Å². The summed E-state index contributed by atoms with van der Waals surface area (Å²) in [4.78, 5) is 10.7. The molecule has 0 saturated heterocycles. The summed E-state index contributed by atoms with van der Waals surface area (Å²) in [6.07, 6.45) is 6.23. The quantitative estimate of drug-likeness (QED) is 0.377. The number of hydrogen-bond donors (Lipinski definition) is 1. The van der Waals surface area contributed by atoms with Crippen LogP contribution < -0.4 is 0 Å². The second kappa shape index (κ2) is 7.68. The number of rotatable bonds is 5. The van der Waals surface area contributed by atoms with Gasteiger partial charge in [0.05, 0.1) is 6.21 Å². The van der Waals surface area contributed by atoms with Gasteiger partial charge in [-0.15, -0.1) is 0 Å². The molecule has 0 radical (unpaired) electrons. The van der Waals surface area contributed by atoms with Gasteiger partial charge in [-0.1, -0.05) is 53.3 Å². The van der Waals surface area contributed by atoms with Crippen LogP contribution >= 0.6 is 11.8 Å². The van der Waals surface area contributed by atoms with Crippen molar-refractivity contribution >= 4 is 29.2 Å². The van der Waals surface area contributed by atoms with E-state index in [-0.39, 0.29) is 5.12 Å². The van der Waals surface area contributed by atoms with Crippen molar-refractivity contribution in [2.24, 2.45) is 5.16 Å². The molecule has 0 fully saturated rings. The van der Waals surface area contributed by atoms with Crippen LogP contribution in [0.15, 0.2) is 35.5 Å². The monoisotopic (exact) mass is 249 g/mol. The molecular formula is C13H15NO2S. The molecule has 0 unspecified atom stereocenters. The van der Waals surface area contributed by atoms with Crippen LogP contribution in [0.4, 0.5) is 0 Å². The van der Waals surface area contributed by atoms with Crippen molar-refractivity contribution in [2.45, 2.75) is 13.3 Å². The Morgan fingerprint density at radius 1 is 1.41 bits per heavy atom. The second-order valence-corrected chi connectivity index (χ2v) is 4.68. The second-order valence-electron chi connectivity index (χ2n) is 3.40. The fourth-order valence-electron chi connectivity index (χ4n) is 1.32. The van der Waals surface area contributed by atoms with Gasteiger partial charge in [-0.05, 0) is 12.0 Å². The van der Waals surface area contributed by atoms with E-state index in [9.17, 15) is 4.79 Å². The van der Waals surface area contributed by atoms with Crippen molar-refractivity contribution in [3.05, 3.63) is 41.5 Å². The fraction of sp³-hybridized carbons (Fsp3) is 0.231. The highest BCUT2D eigenvalue weighted by molar-refractivity contribution is 8.13. The van der Waals surface area contributed by atoms with Crippen molar-refractivity contribution in [3.63, 3.8) is 0 Å². The minimum atomic E-state index is 0.145. The number of nitrogens with zero attached hydrogens (tertiary/aromatic N) is 1. The third-order valence-electron chi connectivity index (χ3n) is 2.08. The molecule has 0 atom stereocenters. The molecule has 0 bridgehead atoms. The molecule has 4 heteroatoms. The molecule has 90 valence electrons. The molecule has 0 spiro atoms. The summed E-state index contributed by atoms with van der Waals surface area (Å²) in [5.41, 5.74) is 1.86. The summed E-state index contributed by atoms with van der Waals surface area (Å²) < 4.78 is 0. The minimum Gasteiger partial charge on any atom is -0.411 e. The summed E-state index contributed by atoms with van der Waals surface area (Å²) >= 11 is 1.32. The van der Waals surface area contributed by atoms with Gasteiger partial charge >= 0.3 is 0 Å². The number of benzene rings is 1. The zero-order valence-electron chi connectivity index (χ0n) is 9.67. The van der Waals surface area contributed by atoms with E-state index >= 15 is 0 Å². The topological polar surface area (TPSA) is 49.7 Å². The molecule has 0 aliphatic heterocycles. The number of carbonyl (C=O) groups is 1. The molecule has 17 heavy (non-hydrogen) atoms. The first-order chi connectivity index (χ1) is 8.24. The fourth-order valence-corrected chi connectivity index (χ4v) is 1.86. The Balaban J connectivity index is 2.55. The Morgan fingerprint density at radius 2 is 2.12 bits per heavy atom. The molecule has 0 aliphatic carbocycles. The van der Waals surface area contributed by atoms with Crippen molar-refractivity contribution in [1.29, 1.82) is 0 Å². The van der Waals surface area contributed by atoms with E-state index < -0.39 is 0 Å². The Kier molecular flexibility index (Phi) is 6.10. The van der Waals surface area contributed by atoms with Gasteiger partial charge in [0.1, 0.15) is 0 Å². The zero-order chi connectivity index (χ0) is 12.5. The van der Waals surface area contributed by atoms with Gasteiger partial charge < -0.3 is 5.21 Å². The van der Waals surface area contributed by atoms with Crippen LogP contribution in [0.25, 0.3) is 6.08 Å². The molecule has 1 aromatic rings. The highest BCUT2D eigenvalue weighted by Gasteiger charge is 1.95. The molecule has 0 saturated carbocycles. The molecular weight excluding hydrogens is 234 g/mol. The van der Waals surface area contributed by atoms with Crippen molar-refractivity contribution < 1.29 is 10.0 Å². The SMILES string of the molecule is CC(=O)SCCC=Cc1ccccc1C=NO. The lowest BCUT2D eigenvalue weighted by Gasteiger charge is -1.98. The number of hydrogen-bond acceptors (Lipinski definition) is 4. The lowest BCUT2D eigenvalue weighted by Crippen LogP contribution is -1.86. The lowest BCUT2D eigenvalue weighted by atomic mass is 10.1. The van der Waals surface area contributed by atoms with Gasteiger partial charge in [0.15, 0.2) is 5.12 Å².